The smallest absolute Gasteiger partial charge is 0.106 e. The lowest BCUT2D eigenvalue weighted by Gasteiger charge is -2.10. The van der Waals surface area contributed by atoms with Gasteiger partial charge in [0, 0.05) is 18.3 Å². The van der Waals surface area contributed by atoms with Gasteiger partial charge in [-0.15, -0.1) is 0 Å². The van der Waals surface area contributed by atoms with Crippen molar-refractivity contribution in [3.8, 4) is 0 Å². The number of thiocarbonyl (C=S) groups is 1. The van der Waals surface area contributed by atoms with Gasteiger partial charge in [-0.25, -0.2) is 0 Å². The van der Waals surface area contributed by atoms with E-state index in [1.54, 1.807) is 12.4 Å². The van der Waals surface area contributed by atoms with Crippen molar-refractivity contribution < 1.29 is 0 Å². The lowest BCUT2D eigenvalue weighted by molar-refractivity contribution is 0.567. The van der Waals surface area contributed by atoms with Gasteiger partial charge in [0.2, 0.25) is 0 Å². The van der Waals surface area contributed by atoms with Gasteiger partial charge in [-0.3, -0.25) is 4.98 Å². The third-order valence-corrected chi connectivity index (χ3v) is 2.58. The highest BCUT2D eigenvalue weighted by Crippen LogP contribution is 2.13. The fourth-order valence-electron chi connectivity index (χ4n) is 1.48. The molecule has 0 saturated carbocycles. The van der Waals surface area contributed by atoms with Crippen molar-refractivity contribution in [1.82, 2.24) is 4.98 Å². The van der Waals surface area contributed by atoms with Crippen molar-refractivity contribution in [2.75, 3.05) is 11.9 Å². The molecule has 0 aliphatic heterocycles. The average molecular weight is 237 g/mol. The van der Waals surface area contributed by atoms with Crippen molar-refractivity contribution in [3.63, 3.8) is 0 Å². The first kappa shape index (κ1) is 12.9. The molecule has 0 aliphatic carbocycles. The number of hydrogen-bond acceptors (Lipinski definition) is 3. The van der Waals surface area contributed by atoms with Crippen LogP contribution >= 0.6 is 12.2 Å². The summed E-state index contributed by atoms with van der Waals surface area (Å²) < 4.78 is 0. The quantitative estimate of drug-likeness (QED) is 0.590. The lowest BCUT2D eigenvalue weighted by atomic mass is 10.1. The molecule has 1 rings (SSSR count). The molecule has 0 bridgehead atoms. The van der Waals surface area contributed by atoms with Crippen molar-refractivity contribution in [2.24, 2.45) is 11.7 Å². The standard InChI is InChI=1S/C12H19N3S/c1-9(2)4-3-6-15-11-8-14-7-5-10(11)12(13)16/h5,7-9,15H,3-4,6H2,1-2H3,(H2,13,16). The second-order valence-electron chi connectivity index (χ2n) is 4.25. The fourth-order valence-corrected chi connectivity index (χ4v) is 1.66. The zero-order valence-corrected chi connectivity index (χ0v) is 10.7. The maximum Gasteiger partial charge on any atom is 0.106 e. The summed E-state index contributed by atoms with van der Waals surface area (Å²) in [5.41, 5.74) is 7.43. The van der Waals surface area contributed by atoms with Gasteiger partial charge in [-0.2, -0.15) is 0 Å². The normalized spacial score (nSPS) is 10.4. The first-order valence-corrected chi connectivity index (χ1v) is 5.99. The molecular formula is C12H19N3S. The zero-order chi connectivity index (χ0) is 12.0. The van der Waals surface area contributed by atoms with Gasteiger partial charge in [0.15, 0.2) is 0 Å². The van der Waals surface area contributed by atoms with E-state index in [-0.39, 0.29) is 0 Å². The largest absolute Gasteiger partial charge is 0.389 e. The summed E-state index contributed by atoms with van der Waals surface area (Å²) in [5, 5.41) is 3.32. The molecule has 0 spiro atoms. The molecule has 0 amide bonds. The Morgan fingerprint density at radius 2 is 2.31 bits per heavy atom. The molecule has 0 aromatic carbocycles. The van der Waals surface area contributed by atoms with Gasteiger partial charge in [0.05, 0.1) is 11.9 Å². The van der Waals surface area contributed by atoms with Crippen molar-refractivity contribution >= 4 is 22.9 Å². The van der Waals surface area contributed by atoms with Gasteiger partial charge in [0.1, 0.15) is 4.99 Å². The van der Waals surface area contributed by atoms with E-state index in [4.69, 9.17) is 18.0 Å². The zero-order valence-electron chi connectivity index (χ0n) is 9.86. The Kier molecular flexibility index (Phi) is 5.19. The second kappa shape index (κ2) is 6.43. The summed E-state index contributed by atoms with van der Waals surface area (Å²) in [6, 6.07) is 1.84. The molecule has 0 unspecified atom stereocenters. The molecule has 3 N–H and O–H groups in total. The molecule has 0 aliphatic rings. The van der Waals surface area contributed by atoms with E-state index in [1.807, 2.05) is 6.07 Å². The van der Waals surface area contributed by atoms with Crippen LogP contribution in [0, 0.1) is 5.92 Å². The number of hydrogen-bond donors (Lipinski definition) is 2. The fraction of sp³-hybridized carbons (Fsp3) is 0.500. The first-order valence-electron chi connectivity index (χ1n) is 5.59. The third kappa shape index (κ3) is 4.14. The number of pyridine rings is 1. The number of nitrogens with two attached hydrogens (primary N) is 1. The van der Waals surface area contributed by atoms with Crippen LogP contribution in [0.4, 0.5) is 5.69 Å². The SMILES string of the molecule is CC(C)CCCNc1cnccc1C(N)=S. The van der Waals surface area contributed by atoms with Crippen LogP contribution in [0.25, 0.3) is 0 Å². The molecule has 16 heavy (non-hydrogen) atoms. The highest BCUT2D eigenvalue weighted by atomic mass is 32.1. The average Bonchev–Trinajstić information content (AvgIpc) is 2.24. The third-order valence-electron chi connectivity index (χ3n) is 2.36. The molecular weight excluding hydrogens is 218 g/mol. The number of aromatic nitrogens is 1. The molecule has 4 heteroatoms. The molecule has 0 radical (unpaired) electrons. The molecule has 1 heterocycles. The van der Waals surface area contributed by atoms with E-state index in [9.17, 15) is 0 Å². The van der Waals surface area contributed by atoms with E-state index in [0.717, 1.165) is 30.1 Å². The van der Waals surface area contributed by atoms with Crippen molar-refractivity contribution in [2.45, 2.75) is 26.7 Å². The molecule has 3 nitrogen and oxygen atoms in total. The Hall–Kier alpha value is -1.16. The van der Waals surface area contributed by atoms with Crippen LogP contribution in [-0.2, 0) is 0 Å². The predicted octanol–water partition coefficient (Wildman–Crippen LogP) is 2.56. The number of rotatable bonds is 6. The number of anilines is 1. The van der Waals surface area contributed by atoms with E-state index >= 15 is 0 Å². The maximum absolute atomic E-state index is 5.63. The van der Waals surface area contributed by atoms with Crippen LogP contribution in [0.1, 0.15) is 32.3 Å². The van der Waals surface area contributed by atoms with Crippen LogP contribution in [0.5, 0.6) is 0 Å². The van der Waals surface area contributed by atoms with Crippen molar-refractivity contribution in [3.05, 3.63) is 24.0 Å². The lowest BCUT2D eigenvalue weighted by Crippen LogP contribution is -2.14. The van der Waals surface area contributed by atoms with Gasteiger partial charge in [0.25, 0.3) is 0 Å². The summed E-state index contributed by atoms with van der Waals surface area (Å²) in [4.78, 5) is 4.47. The Balaban J connectivity index is 2.50. The topological polar surface area (TPSA) is 50.9 Å². The highest BCUT2D eigenvalue weighted by molar-refractivity contribution is 7.80. The molecule has 0 fully saturated rings. The molecule has 0 atom stereocenters. The Morgan fingerprint density at radius 3 is 2.94 bits per heavy atom. The van der Waals surface area contributed by atoms with Crippen LogP contribution < -0.4 is 11.1 Å². The van der Waals surface area contributed by atoms with Gasteiger partial charge < -0.3 is 11.1 Å². The minimum absolute atomic E-state index is 0.411. The van der Waals surface area contributed by atoms with Crippen LogP contribution in [0.2, 0.25) is 0 Å². The molecule has 0 saturated heterocycles. The summed E-state index contributed by atoms with van der Waals surface area (Å²) in [6.07, 6.45) is 5.83. The van der Waals surface area contributed by atoms with Gasteiger partial charge in [-0.1, -0.05) is 26.1 Å². The summed E-state index contributed by atoms with van der Waals surface area (Å²) in [6.45, 7) is 5.38. The van der Waals surface area contributed by atoms with E-state index in [2.05, 4.69) is 24.1 Å². The van der Waals surface area contributed by atoms with Gasteiger partial charge >= 0.3 is 0 Å². The monoisotopic (exact) mass is 237 g/mol. The maximum atomic E-state index is 5.63. The molecule has 1 aromatic rings. The summed E-state index contributed by atoms with van der Waals surface area (Å²) in [5.74, 6) is 0.741. The van der Waals surface area contributed by atoms with Crippen LogP contribution in [-0.4, -0.2) is 16.5 Å². The second-order valence-corrected chi connectivity index (χ2v) is 4.69. The van der Waals surface area contributed by atoms with Crippen molar-refractivity contribution in [1.29, 1.82) is 0 Å². The van der Waals surface area contributed by atoms with E-state index < -0.39 is 0 Å². The predicted molar refractivity (Wildman–Crippen MR) is 72.7 cm³/mol. The van der Waals surface area contributed by atoms with Crippen LogP contribution in [0.3, 0.4) is 0 Å². The number of nitrogens with zero attached hydrogens (tertiary/aromatic N) is 1. The Labute approximate surface area is 102 Å². The van der Waals surface area contributed by atoms with Crippen LogP contribution in [0.15, 0.2) is 18.5 Å². The Morgan fingerprint density at radius 1 is 1.56 bits per heavy atom. The highest BCUT2D eigenvalue weighted by Gasteiger charge is 2.03. The summed E-state index contributed by atoms with van der Waals surface area (Å²) >= 11 is 4.98. The van der Waals surface area contributed by atoms with E-state index in [0.29, 0.717) is 4.99 Å². The minimum atomic E-state index is 0.411. The Bertz CT molecular complexity index is 350. The molecule has 1 aromatic heterocycles. The number of nitrogens with one attached hydrogen (secondary N) is 1. The minimum Gasteiger partial charge on any atom is -0.389 e. The van der Waals surface area contributed by atoms with Gasteiger partial charge in [-0.05, 0) is 24.8 Å². The summed E-state index contributed by atoms with van der Waals surface area (Å²) in [7, 11) is 0. The molecule has 88 valence electrons. The van der Waals surface area contributed by atoms with E-state index in [1.165, 1.54) is 6.42 Å². The first-order chi connectivity index (χ1) is 7.61.